The minimum absolute atomic E-state index is 0.254. The van der Waals surface area contributed by atoms with Crippen LogP contribution in [-0.4, -0.2) is 31.1 Å². The van der Waals surface area contributed by atoms with Gasteiger partial charge >= 0.3 is 5.97 Å². The van der Waals surface area contributed by atoms with Gasteiger partial charge in [0.15, 0.2) is 0 Å². The number of anilines is 1. The van der Waals surface area contributed by atoms with Crippen LogP contribution in [0.1, 0.15) is 36.0 Å². The van der Waals surface area contributed by atoms with Crippen molar-refractivity contribution in [2.24, 2.45) is 5.10 Å². The van der Waals surface area contributed by atoms with Gasteiger partial charge in [0.05, 0.1) is 23.9 Å². The maximum atomic E-state index is 12.9. The molecule has 0 aliphatic carbocycles. The third-order valence-electron chi connectivity index (χ3n) is 6.07. The molecule has 12 heteroatoms. The van der Waals surface area contributed by atoms with Crippen LogP contribution < -0.4 is 20.2 Å². The van der Waals surface area contributed by atoms with Crippen LogP contribution in [0.3, 0.4) is 0 Å². The minimum atomic E-state index is -0.560. The smallest absolute Gasteiger partial charge is 0.343 e. The number of thiophene rings is 1. The fourth-order valence-corrected chi connectivity index (χ4v) is 5.97. The maximum Gasteiger partial charge on any atom is 0.343 e. The lowest BCUT2D eigenvalue weighted by atomic mass is 10.2. The second-order valence-corrected chi connectivity index (χ2v) is 11.7. The summed E-state index contributed by atoms with van der Waals surface area (Å²) in [5.41, 5.74) is 4.04. The van der Waals surface area contributed by atoms with Crippen LogP contribution in [0, 0.1) is 0 Å². The van der Waals surface area contributed by atoms with E-state index < -0.39 is 11.9 Å². The second-order valence-electron chi connectivity index (χ2n) is 8.92. The Kier molecular flexibility index (Phi) is 9.42. The highest BCUT2D eigenvalue weighted by Gasteiger charge is 2.18. The van der Waals surface area contributed by atoms with Gasteiger partial charge in [-0.05, 0) is 78.9 Å². The number of ether oxygens (including phenoxy) is 2. The van der Waals surface area contributed by atoms with E-state index in [9.17, 15) is 14.4 Å². The lowest BCUT2D eigenvalue weighted by molar-refractivity contribution is 0.0733. The van der Waals surface area contributed by atoms with E-state index in [4.69, 9.17) is 32.7 Å². The molecule has 216 valence electrons. The minimum Gasteiger partial charge on any atom is -0.497 e. The van der Waals surface area contributed by atoms with Crippen molar-refractivity contribution in [3.63, 3.8) is 0 Å². The van der Waals surface area contributed by atoms with Gasteiger partial charge in [0.2, 0.25) is 0 Å². The summed E-state index contributed by atoms with van der Waals surface area (Å²) in [5.74, 6) is -0.544. The fraction of sp³-hybridized carbons (Fsp3) is 0.0323. The number of nitrogens with zero attached hydrogens (tertiary/aromatic N) is 1. The van der Waals surface area contributed by atoms with Gasteiger partial charge in [-0.3, -0.25) is 9.59 Å². The summed E-state index contributed by atoms with van der Waals surface area (Å²) < 4.78 is 12.2. The third-order valence-corrected chi connectivity index (χ3v) is 8.46. The highest BCUT2D eigenvalue weighted by atomic mass is 79.9. The van der Waals surface area contributed by atoms with Crippen LogP contribution in [0.2, 0.25) is 10.0 Å². The molecule has 5 aromatic rings. The van der Waals surface area contributed by atoms with E-state index >= 15 is 0 Å². The summed E-state index contributed by atoms with van der Waals surface area (Å²) >= 11 is 17.1. The first-order chi connectivity index (χ1) is 20.7. The predicted octanol–water partition coefficient (Wildman–Crippen LogP) is 8.21. The number of hydrogen-bond donors (Lipinski definition) is 2. The average Bonchev–Trinajstić information content (AvgIpc) is 3.33. The molecule has 0 aliphatic heterocycles. The van der Waals surface area contributed by atoms with E-state index in [0.717, 1.165) is 14.6 Å². The van der Waals surface area contributed by atoms with E-state index in [1.165, 1.54) is 24.7 Å². The van der Waals surface area contributed by atoms with E-state index in [0.29, 0.717) is 43.0 Å². The molecule has 0 saturated carbocycles. The zero-order valence-corrected chi connectivity index (χ0v) is 26.1. The highest BCUT2D eigenvalue weighted by Crippen LogP contribution is 2.37. The number of hydrazone groups is 1. The van der Waals surface area contributed by atoms with Crippen LogP contribution in [-0.2, 0) is 0 Å². The van der Waals surface area contributed by atoms with Crippen molar-refractivity contribution in [3.8, 4) is 11.5 Å². The molecule has 0 atom stereocenters. The number of benzene rings is 4. The lowest BCUT2D eigenvalue weighted by Crippen LogP contribution is -2.18. The van der Waals surface area contributed by atoms with Gasteiger partial charge < -0.3 is 14.8 Å². The molecular formula is C31H20BrCl2N3O5S. The third kappa shape index (κ3) is 7.23. The number of rotatable bonds is 8. The molecule has 0 saturated heterocycles. The van der Waals surface area contributed by atoms with E-state index in [1.54, 1.807) is 84.9 Å². The largest absolute Gasteiger partial charge is 0.497 e. The van der Waals surface area contributed by atoms with Gasteiger partial charge in [0.1, 0.15) is 16.4 Å². The number of hydrogen-bond acceptors (Lipinski definition) is 7. The Hall–Kier alpha value is -4.22. The number of nitrogens with one attached hydrogen (secondary N) is 2. The van der Waals surface area contributed by atoms with Crippen molar-refractivity contribution in [1.29, 1.82) is 0 Å². The zero-order valence-electron chi connectivity index (χ0n) is 22.2. The molecule has 8 nitrogen and oxygen atoms in total. The summed E-state index contributed by atoms with van der Waals surface area (Å²) in [6, 6.07) is 23.1. The monoisotopic (exact) mass is 695 g/mol. The molecule has 0 radical (unpaired) electrons. The number of amides is 2. The normalized spacial score (nSPS) is 11.0. The summed E-state index contributed by atoms with van der Waals surface area (Å²) in [5, 5.41) is 8.47. The molecule has 0 aliphatic rings. The molecule has 2 N–H and O–H groups in total. The number of methoxy groups -OCH3 is 1. The molecule has 4 aromatic carbocycles. The average molecular weight is 697 g/mol. The number of halogens is 3. The lowest BCUT2D eigenvalue weighted by Gasteiger charge is -2.09. The molecule has 5 rings (SSSR count). The molecule has 0 bridgehead atoms. The standard InChI is InChI=1S/C31H20BrCl2N3O5S/c1-41-23-10-4-18(5-11-23)31(40)42-25-13-6-20(32)14-19(25)16-35-37-29(38)17-2-8-22(9-3-17)36-30(39)28-27(34)24-12-7-21(33)15-26(24)43-28/h2-16H,1H3,(H,36,39)(H,37,38)/b35-16-. The summed E-state index contributed by atoms with van der Waals surface area (Å²) in [7, 11) is 1.54. The Bertz CT molecular complexity index is 1880. The van der Waals surface area contributed by atoms with Crippen LogP contribution in [0.25, 0.3) is 10.1 Å². The van der Waals surface area contributed by atoms with Gasteiger partial charge in [-0.25, -0.2) is 10.2 Å². The van der Waals surface area contributed by atoms with E-state index in [1.807, 2.05) is 0 Å². The van der Waals surface area contributed by atoms with Crippen molar-refractivity contribution in [1.82, 2.24) is 5.43 Å². The molecule has 2 amide bonds. The Morgan fingerprint density at radius 3 is 2.33 bits per heavy atom. The van der Waals surface area contributed by atoms with E-state index in [-0.39, 0.29) is 11.7 Å². The Balaban J connectivity index is 1.21. The SMILES string of the molecule is COc1ccc(C(=O)Oc2ccc(Br)cc2/C=N\NC(=O)c2ccc(NC(=O)c3sc4cc(Cl)ccc4c3Cl)cc2)cc1. The molecule has 0 fully saturated rings. The molecular weight excluding hydrogens is 677 g/mol. The van der Waals surface area contributed by atoms with Gasteiger partial charge in [-0.2, -0.15) is 5.10 Å². The Morgan fingerprint density at radius 2 is 1.60 bits per heavy atom. The Morgan fingerprint density at radius 1 is 0.884 bits per heavy atom. The number of fused-ring (bicyclic) bond motifs is 1. The zero-order chi connectivity index (χ0) is 30.5. The molecule has 1 heterocycles. The number of esters is 1. The maximum absolute atomic E-state index is 12.9. The molecule has 1 aromatic heterocycles. The first kappa shape index (κ1) is 30.2. The van der Waals surface area contributed by atoms with Crippen LogP contribution in [0.5, 0.6) is 11.5 Å². The van der Waals surface area contributed by atoms with Crippen molar-refractivity contribution in [3.05, 3.63) is 121 Å². The second kappa shape index (κ2) is 13.4. The van der Waals surface area contributed by atoms with Gasteiger partial charge in [-0.15, -0.1) is 11.3 Å². The summed E-state index contributed by atoms with van der Waals surface area (Å²) in [4.78, 5) is 38.5. The highest BCUT2D eigenvalue weighted by molar-refractivity contribution is 9.10. The van der Waals surface area contributed by atoms with Gasteiger partial charge in [-0.1, -0.05) is 45.2 Å². The van der Waals surface area contributed by atoms with Crippen molar-refractivity contribution < 1.29 is 23.9 Å². The summed E-state index contributed by atoms with van der Waals surface area (Å²) in [6.45, 7) is 0. The van der Waals surface area contributed by atoms with Crippen LogP contribution in [0.4, 0.5) is 5.69 Å². The fourth-order valence-electron chi connectivity index (χ4n) is 3.90. The van der Waals surface area contributed by atoms with Crippen molar-refractivity contribution in [2.75, 3.05) is 12.4 Å². The van der Waals surface area contributed by atoms with Crippen LogP contribution in [0.15, 0.2) is 94.5 Å². The molecule has 0 unspecified atom stereocenters. The van der Waals surface area contributed by atoms with Gasteiger partial charge in [0.25, 0.3) is 11.8 Å². The van der Waals surface area contributed by atoms with Crippen molar-refractivity contribution >= 4 is 90.2 Å². The summed E-state index contributed by atoms with van der Waals surface area (Å²) in [6.07, 6.45) is 1.37. The van der Waals surface area contributed by atoms with Gasteiger partial charge in [0, 0.05) is 36.4 Å². The molecule has 0 spiro atoms. The Labute approximate surface area is 268 Å². The number of carbonyl (C=O) groups excluding carboxylic acids is 3. The predicted molar refractivity (Wildman–Crippen MR) is 173 cm³/mol. The van der Waals surface area contributed by atoms with E-state index in [2.05, 4.69) is 31.8 Å². The molecule has 43 heavy (non-hydrogen) atoms. The number of carbonyl (C=O) groups is 3. The van der Waals surface area contributed by atoms with Crippen molar-refractivity contribution in [2.45, 2.75) is 0 Å². The van der Waals surface area contributed by atoms with Crippen LogP contribution >= 0.6 is 50.5 Å². The quantitative estimate of drug-likeness (QED) is 0.0736. The topological polar surface area (TPSA) is 106 Å². The first-order valence-corrected chi connectivity index (χ1v) is 14.9. The first-order valence-electron chi connectivity index (χ1n) is 12.5.